The Kier molecular flexibility index (Phi) is 3.94. The maximum atomic E-state index is 12.9. The molecule has 144 valence electrons. The minimum absolute atomic E-state index is 0.320. The van der Waals surface area contributed by atoms with Crippen molar-refractivity contribution in [2.45, 2.75) is 39.2 Å². The van der Waals surface area contributed by atoms with Crippen molar-refractivity contribution in [3.05, 3.63) is 36.0 Å². The van der Waals surface area contributed by atoms with Crippen LogP contribution in [-0.4, -0.2) is 25.0 Å². The summed E-state index contributed by atoms with van der Waals surface area (Å²) in [6.07, 6.45) is 5.26. The molecule has 3 heterocycles. The van der Waals surface area contributed by atoms with Gasteiger partial charge in [-0.05, 0) is 30.7 Å². The second-order valence-electron chi connectivity index (χ2n) is 8.09. The Bertz CT molecular complexity index is 823. The number of cyclic esters (lactones) is 2. The SMILES string of the molecule is COC(=O)C1=COC(=O)[C@@H]2[C@@]3(C)C[C@@H](c4ccoc4)OC(=O)[C@@H]3CC[C@@]12C. The summed E-state index contributed by atoms with van der Waals surface area (Å²) in [6, 6.07) is 1.75. The summed E-state index contributed by atoms with van der Waals surface area (Å²) < 4.78 is 20.9. The molecule has 0 aromatic carbocycles. The number of carbonyl (C=O) groups excluding carboxylic acids is 3. The van der Waals surface area contributed by atoms with Crippen molar-refractivity contribution in [2.75, 3.05) is 7.11 Å². The number of ether oxygens (including phenoxy) is 3. The lowest BCUT2D eigenvalue weighted by Gasteiger charge is -2.57. The molecule has 1 aromatic heterocycles. The molecule has 1 saturated heterocycles. The average molecular weight is 374 g/mol. The molecule has 2 fully saturated rings. The predicted octanol–water partition coefficient (Wildman–Crippen LogP) is 2.92. The highest BCUT2D eigenvalue weighted by Crippen LogP contribution is 2.63. The van der Waals surface area contributed by atoms with Gasteiger partial charge in [-0.2, -0.15) is 0 Å². The first kappa shape index (κ1) is 17.8. The zero-order chi connectivity index (χ0) is 19.4. The van der Waals surface area contributed by atoms with Crippen LogP contribution in [0.15, 0.2) is 34.8 Å². The minimum atomic E-state index is -0.758. The van der Waals surface area contributed by atoms with E-state index in [0.29, 0.717) is 24.8 Å². The van der Waals surface area contributed by atoms with E-state index in [1.807, 2.05) is 13.8 Å². The van der Waals surface area contributed by atoms with Crippen LogP contribution >= 0.6 is 0 Å². The fraction of sp³-hybridized carbons (Fsp3) is 0.550. The summed E-state index contributed by atoms with van der Waals surface area (Å²) in [5.41, 5.74) is -0.377. The molecule has 1 saturated carbocycles. The fourth-order valence-electron chi connectivity index (χ4n) is 5.33. The molecule has 4 rings (SSSR count). The summed E-state index contributed by atoms with van der Waals surface area (Å²) in [6.45, 7) is 3.81. The van der Waals surface area contributed by atoms with E-state index in [-0.39, 0.29) is 5.97 Å². The summed E-state index contributed by atoms with van der Waals surface area (Å²) in [5, 5.41) is 0. The van der Waals surface area contributed by atoms with Crippen LogP contribution in [0, 0.1) is 22.7 Å². The van der Waals surface area contributed by atoms with Crippen molar-refractivity contribution in [2.24, 2.45) is 22.7 Å². The third-order valence-electron chi connectivity index (χ3n) is 6.68. The molecule has 1 aromatic rings. The molecule has 1 aliphatic carbocycles. The minimum Gasteiger partial charge on any atom is -0.472 e. The maximum absolute atomic E-state index is 12.9. The highest BCUT2D eigenvalue weighted by Gasteiger charge is 2.65. The third-order valence-corrected chi connectivity index (χ3v) is 6.68. The van der Waals surface area contributed by atoms with Gasteiger partial charge in [0.05, 0.1) is 37.0 Å². The molecule has 0 spiro atoms. The normalized spacial score (nSPS) is 38.0. The van der Waals surface area contributed by atoms with E-state index in [1.54, 1.807) is 12.3 Å². The van der Waals surface area contributed by atoms with Crippen molar-refractivity contribution in [3.63, 3.8) is 0 Å². The summed E-state index contributed by atoms with van der Waals surface area (Å²) in [7, 11) is 1.30. The number of furan rings is 1. The van der Waals surface area contributed by atoms with E-state index >= 15 is 0 Å². The van der Waals surface area contributed by atoms with E-state index in [9.17, 15) is 14.4 Å². The van der Waals surface area contributed by atoms with Crippen molar-refractivity contribution in [1.29, 1.82) is 0 Å². The Morgan fingerprint density at radius 1 is 1.26 bits per heavy atom. The van der Waals surface area contributed by atoms with Gasteiger partial charge in [0.15, 0.2) is 0 Å². The van der Waals surface area contributed by atoms with Gasteiger partial charge in [-0.3, -0.25) is 9.59 Å². The number of esters is 3. The Balaban J connectivity index is 1.78. The second-order valence-corrected chi connectivity index (χ2v) is 8.09. The molecule has 0 unspecified atom stereocenters. The first-order valence-corrected chi connectivity index (χ1v) is 9.03. The quantitative estimate of drug-likeness (QED) is 0.580. The monoisotopic (exact) mass is 374 g/mol. The van der Waals surface area contributed by atoms with Crippen LogP contribution < -0.4 is 0 Å². The van der Waals surface area contributed by atoms with Gasteiger partial charge in [-0.1, -0.05) is 13.8 Å². The van der Waals surface area contributed by atoms with Crippen LogP contribution in [0.4, 0.5) is 0 Å². The van der Waals surface area contributed by atoms with Gasteiger partial charge >= 0.3 is 17.9 Å². The molecular formula is C20H22O7. The highest BCUT2D eigenvalue weighted by atomic mass is 16.6. The van der Waals surface area contributed by atoms with E-state index in [1.165, 1.54) is 19.6 Å². The predicted molar refractivity (Wildman–Crippen MR) is 90.8 cm³/mol. The Morgan fingerprint density at radius 2 is 2.04 bits per heavy atom. The van der Waals surface area contributed by atoms with Gasteiger partial charge < -0.3 is 18.6 Å². The Hall–Kier alpha value is -2.57. The highest BCUT2D eigenvalue weighted by molar-refractivity contribution is 5.94. The molecule has 0 N–H and O–H groups in total. The van der Waals surface area contributed by atoms with Crippen molar-refractivity contribution >= 4 is 17.9 Å². The number of methoxy groups -OCH3 is 1. The zero-order valence-corrected chi connectivity index (χ0v) is 15.5. The molecule has 0 radical (unpaired) electrons. The topological polar surface area (TPSA) is 92.0 Å². The van der Waals surface area contributed by atoms with Crippen LogP contribution in [0.2, 0.25) is 0 Å². The van der Waals surface area contributed by atoms with E-state index in [0.717, 1.165) is 5.56 Å². The standard InChI is InChI=1S/C20H22O7/c1-19-6-4-12-17(22)27-14(11-5-7-25-9-11)8-20(12,2)15(19)18(23)26-10-13(19)16(21)24-3/h5,7,9-10,12,14-15H,4,6,8H2,1-3H3/t12-,14-,15-,19-,20-/m0/s1. The van der Waals surface area contributed by atoms with E-state index in [2.05, 4.69) is 0 Å². The average Bonchev–Trinajstić information content (AvgIpc) is 3.14. The van der Waals surface area contributed by atoms with Gasteiger partial charge in [0.1, 0.15) is 12.4 Å². The van der Waals surface area contributed by atoms with Crippen molar-refractivity contribution < 1.29 is 33.0 Å². The lowest BCUT2D eigenvalue weighted by atomic mass is 9.47. The van der Waals surface area contributed by atoms with Crippen LogP contribution in [0.25, 0.3) is 0 Å². The van der Waals surface area contributed by atoms with Crippen LogP contribution in [-0.2, 0) is 28.6 Å². The fourth-order valence-corrected chi connectivity index (χ4v) is 5.33. The van der Waals surface area contributed by atoms with Crippen LogP contribution in [0.1, 0.15) is 44.8 Å². The summed E-state index contributed by atoms with van der Waals surface area (Å²) in [5.74, 6) is -2.33. The van der Waals surface area contributed by atoms with Gasteiger partial charge in [0.2, 0.25) is 0 Å². The zero-order valence-electron chi connectivity index (χ0n) is 15.5. The molecule has 7 heteroatoms. The summed E-state index contributed by atoms with van der Waals surface area (Å²) >= 11 is 0. The van der Waals surface area contributed by atoms with E-state index in [4.69, 9.17) is 18.6 Å². The van der Waals surface area contributed by atoms with Gasteiger partial charge in [-0.15, -0.1) is 0 Å². The Labute approximate surface area is 156 Å². The number of hydrogen-bond donors (Lipinski definition) is 0. The summed E-state index contributed by atoms with van der Waals surface area (Å²) in [4.78, 5) is 38.0. The number of rotatable bonds is 2. The van der Waals surface area contributed by atoms with Crippen LogP contribution in [0.3, 0.4) is 0 Å². The number of fused-ring (bicyclic) bond motifs is 3. The smallest absolute Gasteiger partial charge is 0.337 e. The molecule has 5 atom stereocenters. The van der Waals surface area contributed by atoms with Crippen molar-refractivity contribution in [1.82, 2.24) is 0 Å². The number of hydrogen-bond acceptors (Lipinski definition) is 7. The van der Waals surface area contributed by atoms with Gasteiger partial charge in [-0.25, -0.2) is 4.79 Å². The number of carbonyl (C=O) groups is 3. The van der Waals surface area contributed by atoms with Gasteiger partial charge in [0.25, 0.3) is 0 Å². The molecule has 2 aliphatic heterocycles. The third kappa shape index (κ3) is 2.44. The van der Waals surface area contributed by atoms with Crippen LogP contribution in [0.5, 0.6) is 0 Å². The van der Waals surface area contributed by atoms with E-state index < -0.39 is 40.7 Å². The van der Waals surface area contributed by atoms with Gasteiger partial charge in [0, 0.05) is 11.0 Å². The molecule has 0 bridgehead atoms. The molecule has 0 amide bonds. The lowest BCUT2D eigenvalue weighted by molar-refractivity contribution is -0.198. The molecule has 7 nitrogen and oxygen atoms in total. The lowest BCUT2D eigenvalue weighted by Crippen LogP contribution is -2.59. The molecule has 3 aliphatic rings. The molecule has 27 heavy (non-hydrogen) atoms. The first-order valence-electron chi connectivity index (χ1n) is 9.03. The first-order chi connectivity index (χ1) is 12.8. The molecular weight excluding hydrogens is 352 g/mol. The second kappa shape index (κ2) is 5.97. The largest absolute Gasteiger partial charge is 0.472 e. The van der Waals surface area contributed by atoms with Crippen molar-refractivity contribution in [3.8, 4) is 0 Å². The maximum Gasteiger partial charge on any atom is 0.337 e. The Morgan fingerprint density at radius 3 is 2.70 bits per heavy atom.